The van der Waals surface area contributed by atoms with Crippen LogP contribution in [0.15, 0.2) is 0 Å². The first-order chi connectivity index (χ1) is 9.06. The van der Waals surface area contributed by atoms with Crippen molar-refractivity contribution in [2.24, 2.45) is 5.92 Å². The van der Waals surface area contributed by atoms with E-state index in [4.69, 9.17) is 9.47 Å². The fourth-order valence-electron chi connectivity index (χ4n) is 3.13. The summed E-state index contributed by atoms with van der Waals surface area (Å²) in [6.45, 7) is 9.93. The molecule has 0 aromatic rings. The summed E-state index contributed by atoms with van der Waals surface area (Å²) in [4.78, 5) is 12.4. The Kier molecular flexibility index (Phi) is 6.80. The molecule has 112 valence electrons. The maximum Gasteiger partial charge on any atom is 0.326 e. The Morgan fingerprint density at radius 1 is 1.37 bits per heavy atom. The van der Waals surface area contributed by atoms with Crippen molar-refractivity contribution in [2.75, 3.05) is 19.8 Å². The topological polar surface area (TPSA) is 47.6 Å². The van der Waals surface area contributed by atoms with Crippen LogP contribution in [0, 0.1) is 5.92 Å². The van der Waals surface area contributed by atoms with Crippen LogP contribution >= 0.6 is 0 Å². The number of esters is 1. The average molecular weight is 271 g/mol. The summed E-state index contributed by atoms with van der Waals surface area (Å²) in [6, 6.07) is 0.275. The lowest BCUT2D eigenvalue weighted by Crippen LogP contribution is -2.58. The Bertz CT molecular complexity index is 281. The Morgan fingerprint density at radius 2 is 2.11 bits per heavy atom. The molecule has 0 aromatic carbocycles. The number of nitrogens with one attached hydrogen (secondary N) is 1. The molecule has 1 N–H and O–H groups in total. The highest BCUT2D eigenvalue weighted by molar-refractivity contribution is 5.82. The third-order valence-electron chi connectivity index (χ3n) is 3.82. The molecule has 1 aliphatic rings. The average Bonchev–Trinajstić information content (AvgIpc) is 2.73. The fraction of sp³-hybridized carbons (Fsp3) is 0.933. The van der Waals surface area contributed by atoms with Gasteiger partial charge in [0.25, 0.3) is 0 Å². The first kappa shape index (κ1) is 16.4. The van der Waals surface area contributed by atoms with E-state index in [0.29, 0.717) is 12.5 Å². The molecule has 0 bridgehead atoms. The van der Waals surface area contributed by atoms with Crippen molar-refractivity contribution in [3.63, 3.8) is 0 Å². The molecule has 1 aliphatic carbocycles. The minimum Gasteiger partial charge on any atom is -0.465 e. The molecule has 0 heterocycles. The van der Waals surface area contributed by atoms with Crippen molar-refractivity contribution in [3.8, 4) is 0 Å². The first-order valence-electron chi connectivity index (χ1n) is 7.59. The quantitative estimate of drug-likeness (QED) is 0.544. The molecule has 2 unspecified atom stereocenters. The number of ether oxygens (including phenoxy) is 2. The zero-order valence-corrected chi connectivity index (χ0v) is 12.8. The van der Waals surface area contributed by atoms with Crippen LogP contribution in [-0.2, 0) is 14.3 Å². The van der Waals surface area contributed by atoms with E-state index < -0.39 is 5.54 Å². The minimum absolute atomic E-state index is 0.0808. The molecule has 1 saturated carbocycles. The molecule has 19 heavy (non-hydrogen) atoms. The van der Waals surface area contributed by atoms with Crippen LogP contribution in [0.3, 0.4) is 0 Å². The van der Waals surface area contributed by atoms with Crippen molar-refractivity contribution in [1.82, 2.24) is 5.32 Å². The van der Waals surface area contributed by atoms with E-state index >= 15 is 0 Å². The predicted molar refractivity (Wildman–Crippen MR) is 76.1 cm³/mol. The molecule has 0 amide bonds. The van der Waals surface area contributed by atoms with Gasteiger partial charge in [0, 0.05) is 19.3 Å². The zero-order valence-electron chi connectivity index (χ0n) is 12.8. The summed E-state index contributed by atoms with van der Waals surface area (Å²) in [7, 11) is 0. The second-order valence-corrected chi connectivity index (χ2v) is 5.57. The van der Waals surface area contributed by atoms with Crippen LogP contribution in [0.25, 0.3) is 0 Å². The van der Waals surface area contributed by atoms with Crippen molar-refractivity contribution < 1.29 is 14.3 Å². The smallest absolute Gasteiger partial charge is 0.326 e. The molecule has 1 rings (SSSR count). The lowest BCUT2D eigenvalue weighted by molar-refractivity contribution is -0.153. The normalized spacial score (nSPS) is 26.9. The molecule has 0 aromatic heterocycles. The van der Waals surface area contributed by atoms with E-state index in [9.17, 15) is 4.79 Å². The number of carbonyl (C=O) groups excluding carboxylic acids is 1. The standard InChI is InChI=1S/C15H29NO3/c1-5-18-11-9-13-8-7-10-15(13,16-12(3)4)14(17)19-6-2/h12-13,16H,5-11H2,1-4H3. The third-order valence-corrected chi connectivity index (χ3v) is 3.82. The molecular weight excluding hydrogens is 242 g/mol. The summed E-state index contributed by atoms with van der Waals surface area (Å²) in [6.07, 6.45) is 3.95. The Labute approximate surface area is 117 Å². The Balaban J connectivity index is 2.77. The molecule has 0 saturated heterocycles. The van der Waals surface area contributed by atoms with E-state index in [0.717, 1.165) is 38.9 Å². The van der Waals surface area contributed by atoms with Crippen LogP contribution in [-0.4, -0.2) is 37.4 Å². The van der Waals surface area contributed by atoms with Gasteiger partial charge in [-0.15, -0.1) is 0 Å². The maximum atomic E-state index is 12.4. The number of hydrogen-bond acceptors (Lipinski definition) is 4. The van der Waals surface area contributed by atoms with Crippen molar-refractivity contribution in [2.45, 2.75) is 65.0 Å². The van der Waals surface area contributed by atoms with Crippen molar-refractivity contribution in [1.29, 1.82) is 0 Å². The summed E-state index contributed by atoms with van der Waals surface area (Å²) >= 11 is 0. The highest BCUT2D eigenvalue weighted by Gasteiger charge is 2.49. The SMILES string of the molecule is CCOCCC1CCCC1(NC(C)C)C(=O)OCC. The second kappa shape index (κ2) is 7.85. The third kappa shape index (κ3) is 4.18. The largest absolute Gasteiger partial charge is 0.465 e. The first-order valence-corrected chi connectivity index (χ1v) is 7.59. The lowest BCUT2D eigenvalue weighted by atomic mass is 9.84. The minimum atomic E-state index is -0.499. The van der Waals surface area contributed by atoms with Gasteiger partial charge in [0.2, 0.25) is 0 Å². The summed E-state index contributed by atoms with van der Waals surface area (Å²) in [5.74, 6) is 0.239. The van der Waals surface area contributed by atoms with Crippen LogP contribution < -0.4 is 5.32 Å². The van der Waals surface area contributed by atoms with E-state index in [1.165, 1.54) is 0 Å². The highest BCUT2D eigenvalue weighted by Crippen LogP contribution is 2.39. The molecule has 4 nitrogen and oxygen atoms in total. The van der Waals surface area contributed by atoms with Crippen LogP contribution in [0.1, 0.15) is 53.4 Å². The van der Waals surface area contributed by atoms with Gasteiger partial charge in [-0.25, -0.2) is 0 Å². The van der Waals surface area contributed by atoms with Gasteiger partial charge in [0.1, 0.15) is 5.54 Å². The van der Waals surface area contributed by atoms with Gasteiger partial charge in [0.05, 0.1) is 6.61 Å². The van der Waals surface area contributed by atoms with Gasteiger partial charge >= 0.3 is 5.97 Å². The molecular formula is C15H29NO3. The Morgan fingerprint density at radius 3 is 2.68 bits per heavy atom. The second-order valence-electron chi connectivity index (χ2n) is 5.57. The van der Waals surface area contributed by atoms with Gasteiger partial charge in [-0.1, -0.05) is 6.42 Å². The predicted octanol–water partition coefficient (Wildman–Crippen LogP) is 2.51. The molecule has 2 atom stereocenters. The van der Waals surface area contributed by atoms with Gasteiger partial charge in [0.15, 0.2) is 0 Å². The van der Waals surface area contributed by atoms with Gasteiger partial charge < -0.3 is 9.47 Å². The molecule has 0 spiro atoms. The van der Waals surface area contributed by atoms with Crippen LogP contribution in [0.4, 0.5) is 0 Å². The highest BCUT2D eigenvalue weighted by atomic mass is 16.5. The molecule has 4 heteroatoms. The van der Waals surface area contributed by atoms with Crippen LogP contribution in [0.5, 0.6) is 0 Å². The van der Waals surface area contributed by atoms with E-state index in [2.05, 4.69) is 19.2 Å². The van der Waals surface area contributed by atoms with Gasteiger partial charge in [-0.05, 0) is 52.9 Å². The summed E-state index contributed by atoms with van der Waals surface area (Å²) < 4.78 is 10.8. The van der Waals surface area contributed by atoms with Crippen LogP contribution in [0.2, 0.25) is 0 Å². The van der Waals surface area contributed by atoms with Gasteiger partial charge in [-0.3, -0.25) is 10.1 Å². The van der Waals surface area contributed by atoms with E-state index in [1.54, 1.807) is 0 Å². The molecule has 0 aliphatic heterocycles. The number of rotatable bonds is 8. The summed E-state index contributed by atoms with van der Waals surface area (Å²) in [5.41, 5.74) is -0.499. The molecule has 0 radical (unpaired) electrons. The van der Waals surface area contributed by atoms with Crippen molar-refractivity contribution in [3.05, 3.63) is 0 Å². The van der Waals surface area contributed by atoms with Crippen molar-refractivity contribution >= 4 is 5.97 Å². The fourth-order valence-corrected chi connectivity index (χ4v) is 3.13. The zero-order chi connectivity index (χ0) is 14.3. The molecule has 1 fully saturated rings. The number of hydrogen-bond donors (Lipinski definition) is 1. The lowest BCUT2D eigenvalue weighted by Gasteiger charge is -2.36. The summed E-state index contributed by atoms with van der Waals surface area (Å²) in [5, 5.41) is 3.49. The monoisotopic (exact) mass is 271 g/mol. The number of carbonyl (C=O) groups is 1. The van der Waals surface area contributed by atoms with Gasteiger partial charge in [-0.2, -0.15) is 0 Å². The Hall–Kier alpha value is -0.610. The van der Waals surface area contributed by atoms with E-state index in [-0.39, 0.29) is 12.0 Å². The maximum absolute atomic E-state index is 12.4. The van der Waals surface area contributed by atoms with E-state index in [1.807, 2.05) is 13.8 Å².